The highest BCUT2D eigenvalue weighted by Crippen LogP contribution is 2.22. The summed E-state index contributed by atoms with van der Waals surface area (Å²) in [6, 6.07) is 23.0. The molecule has 3 aromatic carbocycles. The third kappa shape index (κ3) is 6.59. The van der Waals surface area contributed by atoms with Crippen molar-refractivity contribution in [3.8, 4) is 11.5 Å². The molecule has 1 N–H and O–H groups in total. The quantitative estimate of drug-likeness (QED) is 0.553. The monoisotopic (exact) mass is 444 g/mol. The second-order valence-electron chi connectivity index (χ2n) is 6.65. The fourth-order valence-corrected chi connectivity index (χ4v) is 3.54. The fourth-order valence-electron chi connectivity index (χ4n) is 2.68. The maximum absolute atomic E-state index is 12.4. The van der Waals surface area contributed by atoms with Crippen molar-refractivity contribution < 1.29 is 17.9 Å². The Morgan fingerprint density at radius 3 is 2.13 bits per heavy atom. The van der Waals surface area contributed by atoms with Gasteiger partial charge in [-0.1, -0.05) is 41.9 Å². The number of anilines is 1. The number of amides is 1. The Balaban J connectivity index is 1.61. The van der Waals surface area contributed by atoms with Crippen LogP contribution >= 0.6 is 11.6 Å². The summed E-state index contributed by atoms with van der Waals surface area (Å²) in [5.41, 5.74) is 1.28. The molecule has 0 heterocycles. The van der Waals surface area contributed by atoms with Crippen LogP contribution in [0.25, 0.3) is 0 Å². The summed E-state index contributed by atoms with van der Waals surface area (Å²) in [5, 5.41) is 3.27. The van der Waals surface area contributed by atoms with Gasteiger partial charge in [-0.2, -0.15) is 4.31 Å². The van der Waals surface area contributed by atoms with Gasteiger partial charge in [0.2, 0.25) is 15.9 Å². The van der Waals surface area contributed by atoms with Gasteiger partial charge in [-0.05, 0) is 54.1 Å². The zero-order valence-corrected chi connectivity index (χ0v) is 17.9. The van der Waals surface area contributed by atoms with Crippen molar-refractivity contribution in [2.24, 2.45) is 0 Å². The van der Waals surface area contributed by atoms with E-state index >= 15 is 0 Å². The lowest BCUT2D eigenvalue weighted by atomic mass is 10.2. The molecule has 0 unspecified atom stereocenters. The molecule has 0 aromatic heterocycles. The summed E-state index contributed by atoms with van der Waals surface area (Å²) in [6.07, 6.45) is 1.08. The summed E-state index contributed by atoms with van der Waals surface area (Å²) >= 11 is 5.86. The first-order valence-corrected chi connectivity index (χ1v) is 11.3. The van der Waals surface area contributed by atoms with Crippen molar-refractivity contribution in [3.63, 3.8) is 0 Å². The molecule has 0 saturated heterocycles. The smallest absolute Gasteiger partial charge is 0.239 e. The number of rotatable bonds is 8. The Morgan fingerprint density at radius 2 is 1.53 bits per heavy atom. The van der Waals surface area contributed by atoms with E-state index in [1.807, 2.05) is 30.3 Å². The standard InChI is InChI=1S/C22H21ClN2O4S/c1-30(27,28)25(15-17-7-9-18(23)10-8-17)16-22(26)24-19-11-13-21(14-12-19)29-20-5-3-2-4-6-20/h2-14H,15-16H2,1H3,(H,24,26). The topological polar surface area (TPSA) is 75.7 Å². The molecule has 0 spiro atoms. The minimum absolute atomic E-state index is 0.0767. The zero-order valence-electron chi connectivity index (χ0n) is 16.3. The first-order chi connectivity index (χ1) is 14.3. The van der Waals surface area contributed by atoms with E-state index in [9.17, 15) is 13.2 Å². The van der Waals surface area contributed by atoms with Crippen LogP contribution in [0.3, 0.4) is 0 Å². The van der Waals surface area contributed by atoms with Gasteiger partial charge in [-0.3, -0.25) is 4.79 Å². The predicted molar refractivity (Wildman–Crippen MR) is 118 cm³/mol. The fraction of sp³-hybridized carbons (Fsp3) is 0.136. The Kier molecular flexibility index (Phi) is 7.10. The molecule has 1 amide bonds. The van der Waals surface area contributed by atoms with Crippen LogP contribution in [0.15, 0.2) is 78.9 Å². The number of carbonyl (C=O) groups is 1. The lowest BCUT2D eigenvalue weighted by Crippen LogP contribution is -2.36. The van der Waals surface area contributed by atoms with Gasteiger partial charge in [-0.25, -0.2) is 8.42 Å². The van der Waals surface area contributed by atoms with E-state index in [1.54, 1.807) is 48.5 Å². The number of carbonyl (C=O) groups excluding carboxylic acids is 1. The van der Waals surface area contributed by atoms with Gasteiger partial charge in [-0.15, -0.1) is 0 Å². The van der Waals surface area contributed by atoms with Crippen molar-refractivity contribution in [2.45, 2.75) is 6.54 Å². The summed E-state index contributed by atoms with van der Waals surface area (Å²) < 4.78 is 31.0. The minimum Gasteiger partial charge on any atom is -0.457 e. The van der Waals surface area contributed by atoms with Crippen LogP contribution in [0.1, 0.15) is 5.56 Å². The number of nitrogens with zero attached hydrogens (tertiary/aromatic N) is 1. The van der Waals surface area contributed by atoms with Gasteiger partial charge >= 0.3 is 0 Å². The largest absolute Gasteiger partial charge is 0.457 e. The first kappa shape index (κ1) is 21.8. The van der Waals surface area contributed by atoms with Gasteiger partial charge in [0.15, 0.2) is 0 Å². The Labute approximate surface area is 181 Å². The van der Waals surface area contributed by atoms with E-state index in [4.69, 9.17) is 16.3 Å². The van der Waals surface area contributed by atoms with Crippen molar-refractivity contribution in [2.75, 3.05) is 18.1 Å². The van der Waals surface area contributed by atoms with E-state index in [2.05, 4.69) is 5.32 Å². The molecule has 0 radical (unpaired) electrons. The van der Waals surface area contributed by atoms with E-state index in [-0.39, 0.29) is 13.1 Å². The van der Waals surface area contributed by atoms with Crippen LogP contribution < -0.4 is 10.1 Å². The molecule has 30 heavy (non-hydrogen) atoms. The van der Waals surface area contributed by atoms with E-state index in [0.717, 1.165) is 16.1 Å². The molecule has 0 bridgehead atoms. The molecule has 6 nitrogen and oxygen atoms in total. The second-order valence-corrected chi connectivity index (χ2v) is 9.06. The number of hydrogen-bond acceptors (Lipinski definition) is 4. The van der Waals surface area contributed by atoms with E-state index < -0.39 is 15.9 Å². The highest BCUT2D eigenvalue weighted by Gasteiger charge is 2.20. The third-order valence-electron chi connectivity index (χ3n) is 4.18. The summed E-state index contributed by atoms with van der Waals surface area (Å²) in [4.78, 5) is 12.4. The first-order valence-electron chi connectivity index (χ1n) is 9.12. The Hall–Kier alpha value is -2.87. The van der Waals surface area contributed by atoms with Crippen LogP contribution in [-0.4, -0.2) is 31.4 Å². The number of halogens is 1. The number of sulfonamides is 1. The highest BCUT2D eigenvalue weighted by atomic mass is 35.5. The van der Waals surface area contributed by atoms with Gasteiger partial charge in [0, 0.05) is 17.3 Å². The maximum Gasteiger partial charge on any atom is 0.239 e. The molecule has 156 valence electrons. The van der Waals surface area contributed by atoms with Gasteiger partial charge in [0.05, 0.1) is 12.8 Å². The van der Waals surface area contributed by atoms with Crippen LogP contribution in [0.4, 0.5) is 5.69 Å². The molecule has 0 aliphatic heterocycles. The SMILES string of the molecule is CS(=O)(=O)N(CC(=O)Nc1ccc(Oc2ccccc2)cc1)Cc1ccc(Cl)cc1. The molecule has 0 aliphatic carbocycles. The average molecular weight is 445 g/mol. The third-order valence-corrected chi connectivity index (χ3v) is 5.63. The molecular formula is C22H21ClN2O4S. The number of ether oxygens (including phenoxy) is 1. The van der Waals surface area contributed by atoms with Crippen molar-refractivity contribution in [3.05, 3.63) is 89.4 Å². The highest BCUT2D eigenvalue weighted by molar-refractivity contribution is 7.88. The van der Waals surface area contributed by atoms with Gasteiger partial charge in [0.1, 0.15) is 11.5 Å². The second kappa shape index (κ2) is 9.75. The van der Waals surface area contributed by atoms with E-state index in [1.165, 1.54) is 0 Å². The molecule has 3 aromatic rings. The van der Waals surface area contributed by atoms with Crippen molar-refractivity contribution in [1.82, 2.24) is 4.31 Å². The Morgan fingerprint density at radius 1 is 0.933 bits per heavy atom. The Bertz CT molecular complexity index is 1090. The average Bonchev–Trinajstić information content (AvgIpc) is 2.71. The summed E-state index contributed by atoms with van der Waals surface area (Å²) in [7, 11) is -3.58. The van der Waals surface area contributed by atoms with Crippen molar-refractivity contribution >= 4 is 33.2 Å². The van der Waals surface area contributed by atoms with Gasteiger partial charge in [0.25, 0.3) is 0 Å². The molecule has 0 atom stereocenters. The van der Waals surface area contributed by atoms with Crippen LogP contribution in [-0.2, 0) is 21.4 Å². The lowest BCUT2D eigenvalue weighted by Gasteiger charge is -2.19. The minimum atomic E-state index is -3.58. The van der Waals surface area contributed by atoms with E-state index in [0.29, 0.717) is 22.2 Å². The molecule has 0 aliphatic rings. The molecule has 0 fully saturated rings. The van der Waals surface area contributed by atoms with Crippen LogP contribution in [0.5, 0.6) is 11.5 Å². The summed E-state index contributed by atoms with van der Waals surface area (Å²) in [5.74, 6) is 0.895. The maximum atomic E-state index is 12.4. The molecule has 8 heteroatoms. The zero-order chi connectivity index (χ0) is 21.6. The molecule has 0 saturated carbocycles. The van der Waals surface area contributed by atoms with Crippen LogP contribution in [0, 0.1) is 0 Å². The van der Waals surface area contributed by atoms with Crippen LogP contribution in [0.2, 0.25) is 5.02 Å². The molecular weight excluding hydrogens is 424 g/mol. The number of hydrogen-bond donors (Lipinski definition) is 1. The lowest BCUT2D eigenvalue weighted by molar-refractivity contribution is -0.116. The predicted octanol–water partition coefficient (Wildman–Crippen LogP) is 4.53. The molecule has 3 rings (SSSR count). The normalized spacial score (nSPS) is 11.3. The number of para-hydroxylation sites is 1. The summed E-state index contributed by atoms with van der Waals surface area (Å²) in [6.45, 7) is -0.225. The number of benzene rings is 3. The van der Waals surface area contributed by atoms with Gasteiger partial charge < -0.3 is 10.1 Å². The van der Waals surface area contributed by atoms with Crippen molar-refractivity contribution in [1.29, 1.82) is 0 Å². The number of nitrogens with one attached hydrogen (secondary N) is 1.